The van der Waals surface area contributed by atoms with Gasteiger partial charge in [-0.3, -0.25) is 0 Å². The van der Waals surface area contributed by atoms with Gasteiger partial charge in [-0.2, -0.15) is 0 Å². The zero-order valence-electron chi connectivity index (χ0n) is 16.9. The van der Waals surface area contributed by atoms with Crippen LogP contribution >= 0.6 is 15.9 Å². The summed E-state index contributed by atoms with van der Waals surface area (Å²) >= 11 is 3.77. The summed E-state index contributed by atoms with van der Waals surface area (Å²) in [7, 11) is 0. The van der Waals surface area contributed by atoms with Crippen LogP contribution in [0.15, 0.2) is 22.4 Å². The third-order valence-corrected chi connectivity index (χ3v) is 5.81. The van der Waals surface area contributed by atoms with E-state index in [0.717, 1.165) is 16.5 Å². The molecule has 0 atom stereocenters. The molecular weight excluding hydrogens is 395 g/mol. The lowest BCUT2D eigenvalue weighted by Crippen LogP contribution is -2.26. The summed E-state index contributed by atoms with van der Waals surface area (Å²) in [6.45, 7) is 14.5. The number of benzene rings is 1. The SMILES string of the molecule is CCOc1c(C(C)=C(F)CO)cc2c(c1Br)C(C)(C)CC=C2C(C)(C)C. The molecule has 4 heteroatoms. The van der Waals surface area contributed by atoms with Crippen LogP contribution in [0.25, 0.3) is 11.1 Å². The van der Waals surface area contributed by atoms with Crippen LogP contribution in [0.1, 0.15) is 71.6 Å². The number of allylic oxidation sites excluding steroid dienone is 3. The number of ether oxygens (including phenoxy) is 1. The van der Waals surface area contributed by atoms with E-state index in [4.69, 9.17) is 4.74 Å². The van der Waals surface area contributed by atoms with Crippen LogP contribution in [0.3, 0.4) is 0 Å². The van der Waals surface area contributed by atoms with Crippen LogP contribution in [0.4, 0.5) is 4.39 Å². The van der Waals surface area contributed by atoms with Crippen molar-refractivity contribution in [1.82, 2.24) is 0 Å². The standard InChI is InChI=1S/C22H30BrFO2/c1-8-26-20-14(13(2)17(24)12-25)11-15-16(21(3,4)5)9-10-22(6,7)18(15)19(20)23/h9,11,25H,8,10,12H2,1-7H3. The summed E-state index contributed by atoms with van der Waals surface area (Å²) in [5, 5.41) is 9.26. The Morgan fingerprint density at radius 3 is 2.46 bits per heavy atom. The molecule has 2 rings (SSSR count). The van der Waals surface area contributed by atoms with Crippen LogP contribution < -0.4 is 4.74 Å². The molecule has 0 unspecified atom stereocenters. The molecule has 0 saturated heterocycles. The molecule has 0 radical (unpaired) electrons. The Balaban J connectivity index is 2.91. The first-order chi connectivity index (χ1) is 12.0. The quantitative estimate of drug-likeness (QED) is 0.585. The second-order valence-electron chi connectivity index (χ2n) is 8.57. The molecule has 0 bridgehead atoms. The average molecular weight is 425 g/mol. The van der Waals surface area contributed by atoms with E-state index >= 15 is 0 Å². The third-order valence-electron chi connectivity index (χ3n) is 5.05. The summed E-state index contributed by atoms with van der Waals surface area (Å²) < 4.78 is 21.0. The number of fused-ring (bicyclic) bond motifs is 1. The van der Waals surface area contributed by atoms with Crippen LogP contribution in [-0.4, -0.2) is 18.3 Å². The molecule has 1 aromatic carbocycles. The first-order valence-electron chi connectivity index (χ1n) is 9.13. The number of hydrogen-bond donors (Lipinski definition) is 1. The van der Waals surface area contributed by atoms with E-state index in [9.17, 15) is 9.50 Å². The number of halogens is 2. The molecule has 144 valence electrons. The first-order valence-corrected chi connectivity index (χ1v) is 9.92. The molecule has 0 saturated carbocycles. The Morgan fingerprint density at radius 2 is 1.96 bits per heavy atom. The van der Waals surface area contributed by atoms with E-state index in [-0.39, 0.29) is 10.8 Å². The van der Waals surface area contributed by atoms with E-state index in [0.29, 0.717) is 23.5 Å². The van der Waals surface area contributed by atoms with Crippen molar-refractivity contribution < 1.29 is 14.2 Å². The number of rotatable bonds is 4. The van der Waals surface area contributed by atoms with Crippen molar-refractivity contribution in [1.29, 1.82) is 0 Å². The highest BCUT2D eigenvalue weighted by Gasteiger charge is 2.36. The third kappa shape index (κ3) is 3.77. The summed E-state index contributed by atoms with van der Waals surface area (Å²) in [6.07, 6.45) is 3.25. The van der Waals surface area contributed by atoms with Crippen molar-refractivity contribution in [3.8, 4) is 5.75 Å². The van der Waals surface area contributed by atoms with Gasteiger partial charge in [-0.1, -0.05) is 40.7 Å². The van der Waals surface area contributed by atoms with Gasteiger partial charge in [0.2, 0.25) is 0 Å². The summed E-state index contributed by atoms with van der Waals surface area (Å²) in [5.41, 5.74) is 4.61. The van der Waals surface area contributed by atoms with Crippen molar-refractivity contribution >= 4 is 27.1 Å². The molecular formula is C22H30BrFO2. The molecule has 0 aromatic heterocycles. The van der Waals surface area contributed by atoms with Crippen LogP contribution in [0.2, 0.25) is 0 Å². The lowest BCUT2D eigenvalue weighted by atomic mass is 9.67. The maximum atomic E-state index is 14.2. The minimum absolute atomic E-state index is 0.0256. The van der Waals surface area contributed by atoms with Gasteiger partial charge < -0.3 is 9.84 Å². The van der Waals surface area contributed by atoms with Gasteiger partial charge in [0.05, 0.1) is 17.7 Å². The van der Waals surface area contributed by atoms with Crippen molar-refractivity contribution in [2.24, 2.45) is 5.41 Å². The largest absolute Gasteiger partial charge is 0.492 e. The smallest absolute Gasteiger partial charge is 0.141 e. The molecule has 1 aliphatic carbocycles. The van der Waals surface area contributed by atoms with Gasteiger partial charge >= 0.3 is 0 Å². The predicted molar refractivity (Wildman–Crippen MR) is 111 cm³/mol. The van der Waals surface area contributed by atoms with E-state index in [1.165, 1.54) is 11.1 Å². The molecule has 1 aromatic rings. The van der Waals surface area contributed by atoms with Gasteiger partial charge in [0.1, 0.15) is 11.6 Å². The Morgan fingerprint density at radius 1 is 1.35 bits per heavy atom. The van der Waals surface area contributed by atoms with Gasteiger partial charge in [-0.05, 0) is 75.4 Å². The molecule has 0 fully saturated rings. The summed E-state index contributed by atoms with van der Waals surface area (Å²) in [6, 6.07) is 2.04. The van der Waals surface area contributed by atoms with Gasteiger partial charge in [0.25, 0.3) is 0 Å². The molecule has 1 N–H and O–H groups in total. The molecule has 0 aliphatic heterocycles. The van der Waals surface area contributed by atoms with E-state index in [1.54, 1.807) is 6.92 Å². The van der Waals surface area contributed by atoms with Crippen LogP contribution in [0, 0.1) is 5.41 Å². The lowest BCUT2D eigenvalue weighted by Gasteiger charge is -2.38. The maximum absolute atomic E-state index is 14.2. The fourth-order valence-electron chi connectivity index (χ4n) is 3.61. The second kappa shape index (κ2) is 7.47. The highest BCUT2D eigenvalue weighted by molar-refractivity contribution is 9.10. The van der Waals surface area contributed by atoms with Crippen molar-refractivity contribution in [2.45, 2.75) is 60.3 Å². The van der Waals surface area contributed by atoms with Crippen LogP contribution in [0.5, 0.6) is 5.75 Å². The number of hydrogen-bond acceptors (Lipinski definition) is 2. The predicted octanol–water partition coefficient (Wildman–Crippen LogP) is 6.65. The lowest BCUT2D eigenvalue weighted by molar-refractivity contribution is 0.299. The topological polar surface area (TPSA) is 29.5 Å². The Kier molecular flexibility index (Phi) is 6.09. The zero-order chi connectivity index (χ0) is 19.9. The molecule has 26 heavy (non-hydrogen) atoms. The van der Waals surface area contributed by atoms with Crippen molar-refractivity contribution in [3.05, 3.63) is 39.1 Å². The maximum Gasteiger partial charge on any atom is 0.141 e. The Bertz CT molecular complexity index is 767. The molecule has 0 amide bonds. The zero-order valence-corrected chi connectivity index (χ0v) is 18.5. The van der Waals surface area contributed by atoms with Gasteiger partial charge in [0, 0.05) is 5.56 Å². The van der Waals surface area contributed by atoms with E-state index in [2.05, 4.69) is 56.6 Å². The highest BCUT2D eigenvalue weighted by atomic mass is 79.9. The molecule has 2 nitrogen and oxygen atoms in total. The van der Waals surface area contributed by atoms with Gasteiger partial charge in [-0.25, -0.2) is 4.39 Å². The summed E-state index contributed by atoms with van der Waals surface area (Å²) in [5.74, 6) is 0.116. The minimum Gasteiger partial charge on any atom is -0.492 e. The number of aliphatic hydroxyl groups excluding tert-OH is 1. The van der Waals surface area contributed by atoms with Crippen molar-refractivity contribution in [3.63, 3.8) is 0 Å². The van der Waals surface area contributed by atoms with Crippen LogP contribution in [-0.2, 0) is 5.41 Å². The van der Waals surface area contributed by atoms with Gasteiger partial charge in [-0.15, -0.1) is 0 Å². The second-order valence-corrected chi connectivity index (χ2v) is 9.36. The first kappa shape index (κ1) is 21.2. The van der Waals surface area contributed by atoms with Gasteiger partial charge in [0.15, 0.2) is 0 Å². The fraction of sp³-hybridized carbons (Fsp3) is 0.545. The number of aliphatic hydroxyl groups is 1. The molecule has 0 spiro atoms. The molecule has 0 heterocycles. The monoisotopic (exact) mass is 424 g/mol. The highest BCUT2D eigenvalue weighted by Crippen LogP contribution is 2.52. The Hall–Kier alpha value is -1.13. The van der Waals surface area contributed by atoms with E-state index in [1.807, 2.05) is 13.0 Å². The normalized spacial score (nSPS) is 17.4. The Labute approximate surface area is 165 Å². The minimum atomic E-state index is -0.612. The fourth-order valence-corrected chi connectivity index (χ4v) is 4.69. The summed E-state index contributed by atoms with van der Waals surface area (Å²) in [4.78, 5) is 0. The van der Waals surface area contributed by atoms with Crippen molar-refractivity contribution in [2.75, 3.05) is 13.2 Å². The van der Waals surface area contributed by atoms with E-state index < -0.39 is 12.4 Å². The molecule has 1 aliphatic rings. The average Bonchev–Trinajstić information content (AvgIpc) is 2.53.